The van der Waals surface area contributed by atoms with E-state index >= 15 is 0 Å². The summed E-state index contributed by atoms with van der Waals surface area (Å²) in [4.78, 5) is 12.2. The monoisotopic (exact) mass is 309 g/mol. The summed E-state index contributed by atoms with van der Waals surface area (Å²) in [6, 6.07) is 17.6. The number of benzene rings is 2. The van der Waals surface area contributed by atoms with Crippen LogP contribution >= 0.6 is 0 Å². The summed E-state index contributed by atoms with van der Waals surface area (Å²) in [5, 5.41) is 25.8. The van der Waals surface area contributed by atoms with E-state index in [0.717, 1.165) is 0 Å². The standard InChI is InChI=1S/C19H19NO3/c1-13-17(14(2)21)18(22,15-9-5-3-6-10-15)19(23,20-13)16-11-7-4-8-12-16/h3-12,20,22-23H,1-2H3. The lowest BCUT2D eigenvalue weighted by molar-refractivity contribution is -0.150. The topological polar surface area (TPSA) is 69.6 Å². The molecule has 23 heavy (non-hydrogen) atoms. The highest BCUT2D eigenvalue weighted by Gasteiger charge is 2.60. The number of ketones is 1. The molecular formula is C19H19NO3. The van der Waals surface area contributed by atoms with Gasteiger partial charge in [0.05, 0.1) is 5.57 Å². The fourth-order valence-corrected chi connectivity index (χ4v) is 3.39. The van der Waals surface area contributed by atoms with E-state index in [9.17, 15) is 15.0 Å². The van der Waals surface area contributed by atoms with E-state index in [4.69, 9.17) is 0 Å². The molecule has 1 heterocycles. The normalized spacial score (nSPS) is 27.0. The minimum Gasteiger partial charge on any atom is -0.375 e. The van der Waals surface area contributed by atoms with E-state index in [1.165, 1.54) is 6.92 Å². The molecule has 0 fully saturated rings. The third-order valence-corrected chi connectivity index (χ3v) is 4.36. The third-order valence-electron chi connectivity index (χ3n) is 4.36. The lowest BCUT2D eigenvalue weighted by Gasteiger charge is -2.40. The molecule has 0 radical (unpaired) electrons. The van der Waals surface area contributed by atoms with Gasteiger partial charge < -0.3 is 15.5 Å². The van der Waals surface area contributed by atoms with Gasteiger partial charge in [-0.05, 0) is 19.4 Å². The molecule has 1 aliphatic rings. The third kappa shape index (κ3) is 2.11. The summed E-state index contributed by atoms with van der Waals surface area (Å²) < 4.78 is 0. The number of hydrogen-bond acceptors (Lipinski definition) is 4. The van der Waals surface area contributed by atoms with Crippen molar-refractivity contribution in [2.75, 3.05) is 0 Å². The second kappa shape index (κ2) is 5.33. The summed E-state index contributed by atoms with van der Waals surface area (Å²) in [6.07, 6.45) is 0. The van der Waals surface area contributed by atoms with Crippen molar-refractivity contribution in [1.29, 1.82) is 0 Å². The van der Waals surface area contributed by atoms with Gasteiger partial charge in [0.1, 0.15) is 0 Å². The molecule has 0 saturated carbocycles. The SMILES string of the molecule is CC(=O)C1=C(C)NC(O)(c2ccccc2)C1(O)c1ccccc1. The number of carbonyl (C=O) groups is 1. The fraction of sp³-hybridized carbons (Fsp3) is 0.211. The first-order valence-corrected chi connectivity index (χ1v) is 7.47. The maximum Gasteiger partial charge on any atom is 0.200 e. The number of Topliss-reactive ketones (excluding diaryl/α,β-unsaturated/α-hetero) is 1. The van der Waals surface area contributed by atoms with Crippen molar-refractivity contribution < 1.29 is 15.0 Å². The minimum atomic E-state index is -1.87. The summed E-state index contributed by atoms with van der Waals surface area (Å²) in [5.41, 5.74) is -2.10. The molecule has 4 heteroatoms. The van der Waals surface area contributed by atoms with E-state index in [1.54, 1.807) is 55.5 Å². The molecule has 4 nitrogen and oxygen atoms in total. The van der Waals surface area contributed by atoms with Gasteiger partial charge in [-0.15, -0.1) is 0 Å². The Balaban J connectivity index is 2.29. The van der Waals surface area contributed by atoms with Gasteiger partial charge >= 0.3 is 0 Å². The number of nitrogens with one attached hydrogen (secondary N) is 1. The van der Waals surface area contributed by atoms with Crippen molar-refractivity contribution in [3.63, 3.8) is 0 Å². The molecular weight excluding hydrogens is 290 g/mol. The maximum absolute atomic E-state index is 12.2. The van der Waals surface area contributed by atoms with Crippen LogP contribution in [0.1, 0.15) is 25.0 Å². The highest BCUT2D eigenvalue weighted by atomic mass is 16.4. The highest BCUT2D eigenvalue weighted by molar-refractivity contribution is 5.97. The van der Waals surface area contributed by atoms with Crippen LogP contribution in [-0.2, 0) is 16.1 Å². The van der Waals surface area contributed by atoms with Crippen LogP contribution in [0.3, 0.4) is 0 Å². The number of rotatable bonds is 3. The van der Waals surface area contributed by atoms with E-state index in [1.807, 2.05) is 12.1 Å². The second-order valence-electron chi connectivity index (χ2n) is 5.83. The van der Waals surface area contributed by atoms with Crippen LogP contribution in [0.25, 0.3) is 0 Å². The number of aliphatic hydroxyl groups is 2. The zero-order valence-electron chi connectivity index (χ0n) is 13.1. The smallest absolute Gasteiger partial charge is 0.200 e. The molecule has 0 aliphatic carbocycles. The Kier molecular flexibility index (Phi) is 3.59. The highest BCUT2D eigenvalue weighted by Crippen LogP contribution is 2.49. The van der Waals surface area contributed by atoms with E-state index in [-0.39, 0.29) is 11.4 Å². The largest absolute Gasteiger partial charge is 0.375 e. The molecule has 0 bridgehead atoms. The quantitative estimate of drug-likeness (QED) is 0.813. The van der Waals surface area contributed by atoms with Crippen LogP contribution in [0.2, 0.25) is 0 Å². The maximum atomic E-state index is 12.2. The van der Waals surface area contributed by atoms with Gasteiger partial charge in [-0.3, -0.25) is 4.79 Å². The Morgan fingerprint density at radius 2 is 1.39 bits per heavy atom. The first-order valence-electron chi connectivity index (χ1n) is 7.47. The molecule has 2 aromatic carbocycles. The predicted molar refractivity (Wildman–Crippen MR) is 87.2 cm³/mol. The molecule has 2 unspecified atom stereocenters. The van der Waals surface area contributed by atoms with Crippen molar-refractivity contribution in [2.24, 2.45) is 0 Å². The lowest BCUT2D eigenvalue weighted by Crippen LogP contribution is -2.54. The Bertz CT molecular complexity index is 770. The molecule has 0 amide bonds. The van der Waals surface area contributed by atoms with Crippen molar-refractivity contribution in [3.8, 4) is 0 Å². The van der Waals surface area contributed by atoms with Crippen LogP contribution in [0.4, 0.5) is 0 Å². The number of hydrogen-bond donors (Lipinski definition) is 3. The molecule has 3 rings (SSSR count). The summed E-state index contributed by atoms with van der Waals surface area (Å²) in [5.74, 6) is -0.284. The molecule has 1 aliphatic heterocycles. The fourth-order valence-electron chi connectivity index (χ4n) is 3.39. The Hall–Kier alpha value is -2.43. The molecule has 0 saturated heterocycles. The predicted octanol–water partition coefficient (Wildman–Crippen LogP) is 2.19. The summed E-state index contributed by atoms with van der Waals surface area (Å²) >= 11 is 0. The average molecular weight is 309 g/mol. The zero-order valence-corrected chi connectivity index (χ0v) is 13.1. The first kappa shape index (κ1) is 15.5. The van der Waals surface area contributed by atoms with Crippen molar-refractivity contribution in [1.82, 2.24) is 5.32 Å². The Labute approximate surface area is 135 Å². The Morgan fingerprint density at radius 1 is 0.913 bits per heavy atom. The van der Waals surface area contributed by atoms with Gasteiger partial charge in [-0.2, -0.15) is 0 Å². The van der Waals surface area contributed by atoms with Crippen LogP contribution < -0.4 is 5.32 Å². The first-order chi connectivity index (χ1) is 10.9. The van der Waals surface area contributed by atoms with Gasteiger partial charge in [0.15, 0.2) is 17.1 Å². The molecule has 0 aromatic heterocycles. The molecule has 118 valence electrons. The van der Waals surface area contributed by atoms with E-state index < -0.39 is 11.3 Å². The number of allylic oxidation sites excluding steroid dienone is 1. The van der Waals surface area contributed by atoms with Crippen LogP contribution in [0, 0.1) is 0 Å². The van der Waals surface area contributed by atoms with Gasteiger partial charge in [0.2, 0.25) is 0 Å². The zero-order chi connectivity index (χ0) is 16.7. The second-order valence-corrected chi connectivity index (χ2v) is 5.83. The summed E-state index contributed by atoms with van der Waals surface area (Å²) in [6.45, 7) is 3.08. The minimum absolute atomic E-state index is 0.176. The molecule has 2 atom stereocenters. The van der Waals surface area contributed by atoms with Crippen LogP contribution in [0.15, 0.2) is 71.9 Å². The molecule has 0 spiro atoms. The molecule has 3 N–H and O–H groups in total. The lowest BCUT2D eigenvalue weighted by atomic mass is 9.75. The van der Waals surface area contributed by atoms with Gasteiger partial charge in [-0.25, -0.2) is 0 Å². The van der Waals surface area contributed by atoms with E-state index in [0.29, 0.717) is 16.8 Å². The summed E-state index contributed by atoms with van der Waals surface area (Å²) in [7, 11) is 0. The number of carbonyl (C=O) groups excluding carboxylic acids is 1. The van der Waals surface area contributed by atoms with E-state index in [2.05, 4.69) is 5.32 Å². The van der Waals surface area contributed by atoms with Crippen LogP contribution in [0.5, 0.6) is 0 Å². The van der Waals surface area contributed by atoms with Gasteiger partial charge in [0, 0.05) is 11.3 Å². The van der Waals surface area contributed by atoms with Gasteiger partial charge in [0.25, 0.3) is 0 Å². The van der Waals surface area contributed by atoms with Crippen LogP contribution in [-0.4, -0.2) is 16.0 Å². The van der Waals surface area contributed by atoms with Crippen molar-refractivity contribution >= 4 is 5.78 Å². The van der Waals surface area contributed by atoms with Crippen molar-refractivity contribution in [3.05, 3.63) is 83.1 Å². The van der Waals surface area contributed by atoms with Crippen molar-refractivity contribution in [2.45, 2.75) is 25.2 Å². The average Bonchev–Trinajstić information content (AvgIpc) is 2.77. The Morgan fingerprint density at radius 3 is 1.87 bits per heavy atom. The molecule has 2 aromatic rings. The van der Waals surface area contributed by atoms with Gasteiger partial charge in [-0.1, -0.05) is 60.7 Å².